The van der Waals surface area contributed by atoms with Crippen molar-refractivity contribution in [2.45, 2.75) is 12.8 Å². The third kappa shape index (κ3) is 3.41. The first kappa shape index (κ1) is 10.5. The summed E-state index contributed by atoms with van der Waals surface area (Å²) in [6, 6.07) is 0. The number of aryl methyl sites for hydroxylation is 1. The van der Waals surface area contributed by atoms with Gasteiger partial charge >= 0.3 is 5.97 Å². The molecule has 0 aliphatic heterocycles. The summed E-state index contributed by atoms with van der Waals surface area (Å²) in [6.07, 6.45) is 5.65. The van der Waals surface area contributed by atoms with E-state index in [0.29, 0.717) is 11.6 Å². The van der Waals surface area contributed by atoms with Crippen LogP contribution in [0, 0.1) is 12.3 Å². The van der Waals surface area contributed by atoms with E-state index in [1.54, 1.807) is 0 Å². The SMILES string of the molecule is C#CCOC(=O)CCc1nnc(N)s1. The van der Waals surface area contributed by atoms with Crippen molar-refractivity contribution in [3.63, 3.8) is 0 Å². The van der Waals surface area contributed by atoms with E-state index in [-0.39, 0.29) is 19.0 Å². The second kappa shape index (κ2) is 5.19. The number of rotatable bonds is 4. The van der Waals surface area contributed by atoms with E-state index in [4.69, 9.17) is 12.2 Å². The van der Waals surface area contributed by atoms with Crippen molar-refractivity contribution in [1.29, 1.82) is 0 Å². The number of anilines is 1. The zero-order valence-electron chi connectivity index (χ0n) is 7.40. The van der Waals surface area contributed by atoms with Crippen molar-refractivity contribution in [2.75, 3.05) is 12.3 Å². The summed E-state index contributed by atoms with van der Waals surface area (Å²) in [6.45, 7) is 0.0110. The van der Waals surface area contributed by atoms with Crippen LogP contribution in [-0.4, -0.2) is 22.8 Å². The first-order valence-electron chi connectivity index (χ1n) is 3.89. The summed E-state index contributed by atoms with van der Waals surface area (Å²) in [5, 5.41) is 8.50. The fraction of sp³-hybridized carbons (Fsp3) is 0.375. The molecule has 0 unspecified atom stereocenters. The van der Waals surface area contributed by atoms with Crippen LogP contribution >= 0.6 is 11.3 Å². The quantitative estimate of drug-likeness (QED) is 0.569. The third-order valence-corrected chi connectivity index (χ3v) is 2.15. The molecular weight excluding hydrogens is 202 g/mol. The molecule has 0 bridgehead atoms. The minimum atomic E-state index is -0.336. The molecular formula is C8H9N3O2S. The molecule has 0 aliphatic rings. The van der Waals surface area contributed by atoms with Crippen LogP contribution in [0.5, 0.6) is 0 Å². The minimum absolute atomic E-state index is 0.0110. The Hall–Kier alpha value is -1.61. The van der Waals surface area contributed by atoms with E-state index in [1.165, 1.54) is 11.3 Å². The first-order valence-corrected chi connectivity index (χ1v) is 4.71. The minimum Gasteiger partial charge on any atom is -0.452 e. The number of terminal acetylenes is 1. The smallest absolute Gasteiger partial charge is 0.307 e. The second-order valence-corrected chi connectivity index (χ2v) is 3.49. The lowest BCUT2D eigenvalue weighted by Crippen LogP contribution is -2.05. The van der Waals surface area contributed by atoms with Gasteiger partial charge in [0.25, 0.3) is 0 Å². The Morgan fingerprint density at radius 1 is 1.64 bits per heavy atom. The van der Waals surface area contributed by atoms with Crippen LogP contribution in [0.1, 0.15) is 11.4 Å². The third-order valence-electron chi connectivity index (χ3n) is 1.34. The van der Waals surface area contributed by atoms with Crippen LogP contribution in [0.15, 0.2) is 0 Å². The highest BCUT2D eigenvalue weighted by atomic mass is 32.1. The first-order chi connectivity index (χ1) is 6.72. The number of nitrogen functional groups attached to an aromatic ring is 1. The van der Waals surface area contributed by atoms with E-state index < -0.39 is 0 Å². The van der Waals surface area contributed by atoms with Gasteiger partial charge in [-0.15, -0.1) is 16.6 Å². The van der Waals surface area contributed by atoms with Gasteiger partial charge in [0, 0.05) is 6.42 Å². The van der Waals surface area contributed by atoms with E-state index in [9.17, 15) is 4.79 Å². The van der Waals surface area contributed by atoms with Gasteiger partial charge in [-0.3, -0.25) is 4.79 Å². The Kier molecular flexibility index (Phi) is 3.88. The topological polar surface area (TPSA) is 78.1 Å². The van der Waals surface area contributed by atoms with E-state index in [0.717, 1.165) is 5.01 Å². The molecule has 0 radical (unpaired) electrons. The lowest BCUT2D eigenvalue weighted by molar-refractivity contribution is -0.142. The van der Waals surface area contributed by atoms with Gasteiger partial charge in [0.2, 0.25) is 5.13 Å². The fourth-order valence-corrected chi connectivity index (χ4v) is 1.38. The Morgan fingerprint density at radius 2 is 2.43 bits per heavy atom. The molecule has 1 heterocycles. The van der Waals surface area contributed by atoms with E-state index in [2.05, 4.69) is 20.9 Å². The van der Waals surface area contributed by atoms with Gasteiger partial charge in [-0.05, 0) is 0 Å². The average Bonchev–Trinajstić information content (AvgIpc) is 2.58. The number of carbonyl (C=O) groups is 1. The molecule has 5 nitrogen and oxygen atoms in total. The molecule has 74 valence electrons. The maximum absolute atomic E-state index is 11.0. The van der Waals surface area contributed by atoms with Crippen molar-refractivity contribution >= 4 is 22.4 Å². The molecule has 1 aromatic rings. The Balaban J connectivity index is 2.27. The number of carbonyl (C=O) groups excluding carboxylic acids is 1. The summed E-state index contributed by atoms with van der Waals surface area (Å²) in [5.74, 6) is 1.88. The van der Waals surface area contributed by atoms with Crippen molar-refractivity contribution in [3.8, 4) is 12.3 Å². The molecule has 0 fully saturated rings. The van der Waals surface area contributed by atoms with Crippen LogP contribution in [-0.2, 0) is 16.0 Å². The predicted octanol–water partition coefficient (Wildman–Crippen LogP) is 0.229. The maximum atomic E-state index is 11.0. The maximum Gasteiger partial charge on any atom is 0.307 e. The highest BCUT2D eigenvalue weighted by Crippen LogP contribution is 2.12. The Labute approximate surface area is 85.3 Å². The summed E-state index contributed by atoms with van der Waals surface area (Å²) < 4.78 is 4.67. The molecule has 2 N–H and O–H groups in total. The van der Waals surface area contributed by atoms with Crippen molar-refractivity contribution in [2.24, 2.45) is 0 Å². The van der Waals surface area contributed by atoms with Crippen LogP contribution in [0.3, 0.4) is 0 Å². The van der Waals surface area contributed by atoms with Crippen LogP contribution < -0.4 is 5.73 Å². The molecule has 0 atom stereocenters. The monoisotopic (exact) mass is 211 g/mol. The van der Waals surface area contributed by atoms with Gasteiger partial charge in [0.15, 0.2) is 6.61 Å². The Morgan fingerprint density at radius 3 is 3.00 bits per heavy atom. The van der Waals surface area contributed by atoms with Crippen LogP contribution in [0.2, 0.25) is 0 Å². The van der Waals surface area contributed by atoms with Gasteiger partial charge in [-0.25, -0.2) is 0 Å². The molecule has 0 aliphatic carbocycles. The predicted molar refractivity (Wildman–Crippen MR) is 52.4 cm³/mol. The molecule has 0 aromatic carbocycles. The molecule has 0 saturated carbocycles. The second-order valence-electron chi connectivity index (χ2n) is 2.40. The normalized spacial score (nSPS) is 9.36. The number of hydrogen-bond donors (Lipinski definition) is 1. The number of ether oxygens (including phenoxy) is 1. The van der Waals surface area contributed by atoms with Gasteiger partial charge in [-0.1, -0.05) is 17.3 Å². The largest absolute Gasteiger partial charge is 0.452 e. The highest BCUT2D eigenvalue weighted by Gasteiger charge is 2.06. The van der Waals surface area contributed by atoms with E-state index >= 15 is 0 Å². The van der Waals surface area contributed by atoms with Gasteiger partial charge in [0.05, 0.1) is 6.42 Å². The lowest BCUT2D eigenvalue weighted by atomic mass is 10.3. The highest BCUT2D eigenvalue weighted by molar-refractivity contribution is 7.15. The molecule has 0 saturated heterocycles. The number of nitrogens with zero attached hydrogens (tertiary/aromatic N) is 2. The number of nitrogens with two attached hydrogens (primary N) is 1. The molecule has 0 spiro atoms. The molecule has 6 heteroatoms. The Bertz CT molecular complexity index is 356. The fourth-order valence-electron chi connectivity index (χ4n) is 0.771. The zero-order chi connectivity index (χ0) is 10.4. The van der Waals surface area contributed by atoms with E-state index in [1.807, 2.05) is 0 Å². The van der Waals surface area contributed by atoms with Crippen LogP contribution in [0.25, 0.3) is 0 Å². The summed E-state index contributed by atoms with van der Waals surface area (Å²) in [7, 11) is 0. The molecule has 1 rings (SSSR count). The number of aromatic nitrogens is 2. The molecule has 14 heavy (non-hydrogen) atoms. The summed E-state index contributed by atoms with van der Waals surface area (Å²) >= 11 is 1.26. The van der Waals surface area contributed by atoms with Crippen molar-refractivity contribution < 1.29 is 9.53 Å². The van der Waals surface area contributed by atoms with Crippen molar-refractivity contribution in [3.05, 3.63) is 5.01 Å². The number of esters is 1. The van der Waals surface area contributed by atoms with Gasteiger partial charge in [0.1, 0.15) is 5.01 Å². The molecule has 1 aromatic heterocycles. The summed E-state index contributed by atoms with van der Waals surface area (Å²) in [5.41, 5.74) is 5.37. The van der Waals surface area contributed by atoms with Crippen LogP contribution in [0.4, 0.5) is 5.13 Å². The zero-order valence-corrected chi connectivity index (χ0v) is 8.21. The number of hydrogen-bond acceptors (Lipinski definition) is 6. The lowest BCUT2D eigenvalue weighted by Gasteiger charge is -1.97. The summed E-state index contributed by atoms with van der Waals surface area (Å²) in [4.78, 5) is 11.0. The average molecular weight is 211 g/mol. The van der Waals surface area contributed by atoms with Crippen molar-refractivity contribution in [1.82, 2.24) is 10.2 Å². The van der Waals surface area contributed by atoms with Gasteiger partial charge < -0.3 is 10.5 Å². The van der Waals surface area contributed by atoms with Gasteiger partial charge in [-0.2, -0.15) is 0 Å². The molecule has 0 amide bonds. The standard InChI is InChI=1S/C8H9N3O2S/c1-2-5-13-7(12)4-3-6-10-11-8(9)14-6/h1H,3-5H2,(H2,9,11).